The molecule has 1 radical (unpaired) electrons. The smallest absolute Gasteiger partial charge is 0.131 e. The summed E-state index contributed by atoms with van der Waals surface area (Å²) in [6.07, 6.45) is 4.85. The Morgan fingerprint density at radius 2 is 1.84 bits per heavy atom. The number of hydrogen-bond acceptors (Lipinski definition) is 4. The van der Waals surface area contributed by atoms with E-state index in [0.29, 0.717) is 12.6 Å². The van der Waals surface area contributed by atoms with E-state index < -0.39 is 0 Å². The third-order valence-corrected chi connectivity index (χ3v) is 4.59. The van der Waals surface area contributed by atoms with Gasteiger partial charge in [-0.1, -0.05) is 18.6 Å². The molecule has 3 rings (SSSR count). The fourth-order valence-electron chi connectivity index (χ4n) is 3.12. The Morgan fingerprint density at radius 3 is 2.52 bits per heavy atom. The number of nitrogens with one attached hydrogen (secondary N) is 1. The van der Waals surface area contributed by atoms with Crippen molar-refractivity contribution in [2.45, 2.75) is 31.7 Å². The minimum Gasteiger partial charge on any atom is -0.497 e. The van der Waals surface area contributed by atoms with Gasteiger partial charge in [-0.05, 0) is 55.1 Å². The molecule has 1 atom stereocenters. The minimum absolute atomic E-state index is 0.570. The molecule has 25 heavy (non-hydrogen) atoms. The van der Waals surface area contributed by atoms with E-state index in [1.54, 1.807) is 14.2 Å². The molecule has 1 heterocycles. The van der Waals surface area contributed by atoms with E-state index in [9.17, 15) is 0 Å². The molecule has 0 spiro atoms. The van der Waals surface area contributed by atoms with Gasteiger partial charge in [0.05, 0.1) is 20.8 Å². The largest absolute Gasteiger partial charge is 0.497 e. The summed E-state index contributed by atoms with van der Waals surface area (Å²) in [4.78, 5) is 0. The highest BCUT2D eigenvalue weighted by molar-refractivity contribution is 5.67. The maximum atomic E-state index is 5.96. The van der Waals surface area contributed by atoms with Gasteiger partial charge in [0.15, 0.2) is 0 Å². The topological polar surface area (TPSA) is 39.7 Å². The zero-order chi connectivity index (χ0) is 17.5. The van der Waals surface area contributed by atoms with Crippen molar-refractivity contribution in [2.24, 2.45) is 0 Å². The van der Waals surface area contributed by atoms with Crippen molar-refractivity contribution in [2.75, 3.05) is 27.4 Å². The third kappa shape index (κ3) is 4.89. The standard InChI is InChI=1S/C21H26NO3/c1-23-19-8-6-16(7-9-19)17-13-20(24-2)15-21(14-17)25-12-10-18-5-3-4-11-22-18/h6-9,13,15,18,22H,3-5,10-12H2,1-2H3. The first-order valence-corrected chi connectivity index (χ1v) is 8.90. The van der Waals surface area contributed by atoms with Crippen LogP contribution in [0.15, 0.2) is 36.4 Å². The van der Waals surface area contributed by atoms with E-state index in [0.717, 1.165) is 41.3 Å². The molecule has 2 aromatic carbocycles. The number of rotatable bonds is 7. The number of benzene rings is 2. The Bertz CT molecular complexity index is 663. The fraction of sp³-hybridized carbons (Fsp3) is 0.429. The average molecular weight is 340 g/mol. The van der Waals surface area contributed by atoms with Crippen LogP contribution in [0.5, 0.6) is 17.2 Å². The summed E-state index contributed by atoms with van der Waals surface area (Å²) in [6.45, 7) is 1.81. The zero-order valence-corrected chi connectivity index (χ0v) is 15.0. The third-order valence-electron chi connectivity index (χ3n) is 4.59. The first-order chi connectivity index (χ1) is 12.3. The molecule has 133 valence electrons. The van der Waals surface area contributed by atoms with Gasteiger partial charge >= 0.3 is 0 Å². The summed E-state index contributed by atoms with van der Waals surface area (Å²) < 4.78 is 16.6. The van der Waals surface area contributed by atoms with Gasteiger partial charge in [-0.2, -0.15) is 0 Å². The zero-order valence-electron chi connectivity index (χ0n) is 15.0. The molecule has 0 amide bonds. The average Bonchev–Trinajstić information content (AvgIpc) is 2.68. The van der Waals surface area contributed by atoms with Gasteiger partial charge < -0.3 is 19.5 Å². The highest BCUT2D eigenvalue weighted by Crippen LogP contribution is 2.30. The lowest BCUT2D eigenvalue weighted by Gasteiger charge is -2.23. The predicted octanol–water partition coefficient (Wildman–Crippen LogP) is 4.08. The second-order valence-corrected chi connectivity index (χ2v) is 6.31. The number of ether oxygens (including phenoxy) is 3. The van der Waals surface area contributed by atoms with Crippen molar-refractivity contribution in [1.82, 2.24) is 5.32 Å². The van der Waals surface area contributed by atoms with Crippen LogP contribution in [0.25, 0.3) is 11.1 Å². The minimum atomic E-state index is 0.570. The maximum absolute atomic E-state index is 5.96. The van der Waals surface area contributed by atoms with Crippen LogP contribution in [0.4, 0.5) is 0 Å². The van der Waals surface area contributed by atoms with Crippen molar-refractivity contribution >= 4 is 0 Å². The molecule has 2 aromatic rings. The summed E-state index contributed by atoms with van der Waals surface area (Å²) in [6, 6.07) is 15.7. The lowest BCUT2D eigenvalue weighted by molar-refractivity contribution is 0.267. The van der Waals surface area contributed by atoms with E-state index in [2.05, 4.69) is 11.4 Å². The molecular weight excluding hydrogens is 314 g/mol. The van der Waals surface area contributed by atoms with Crippen LogP contribution in [0.1, 0.15) is 25.7 Å². The molecule has 4 heteroatoms. The summed E-state index contributed by atoms with van der Waals surface area (Å²) in [5, 5.41) is 3.55. The Balaban J connectivity index is 1.68. The molecule has 1 fully saturated rings. The summed E-state index contributed by atoms with van der Waals surface area (Å²) in [7, 11) is 3.34. The molecule has 1 saturated heterocycles. The number of hydrogen-bond donors (Lipinski definition) is 1. The monoisotopic (exact) mass is 340 g/mol. The van der Waals surface area contributed by atoms with Crippen LogP contribution < -0.4 is 19.5 Å². The lowest BCUT2D eigenvalue weighted by atomic mass is 10.0. The Kier molecular flexibility index (Phi) is 6.18. The SMILES string of the molecule is COc1ccc(-c2[c]c(OCCC3CCCCN3)cc(OC)c2)cc1. The molecular formula is C21H26NO3. The van der Waals surface area contributed by atoms with Crippen molar-refractivity contribution in [1.29, 1.82) is 0 Å². The van der Waals surface area contributed by atoms with E-state index >= 15 is 0 Å². The van der Waals surface area contributed by atoms with Crippen molar-refractivity contribution < 1.29 is 14.2 Å². The highest BCUT2D eigenvalue weighted by atomic mass is 16.5. The molecule has 1 unspecified atom stereocenters. The van der Waals surface area contributed by atoms with E-state index in [4.69, 9.17) is 14.2 Å². The molecule has 1 aliphatic heterocycles. The van der Waals surface area contributed by atoms with Gasteiger partial charge in [-0.15, -0.1) is 0 Å². The van der Waals surface area contributed by atoms with Gasteiger partial charge in [0.1, 0.15) is 17.2 Å². The Hall–Kier alpha value is -2.20. The molecule has 0 aliphatic carbocycles. The van der Waals surface area contributed by atoms with Crippen LogP contribution in [-0.4, -0.2) is 33.4 Å². The van der Waals surface area contributed by atoms with Crippen LogP contribution in [0.2, 0.25) is 0 Å². The van der Waals surface area contributed by atoms with Gasteiger partial charge in [0.25, 0.3) is 0 Å². The van der Waals surface area contributed by atoms with Crippen molar-refractivity contribution in [3.8, 4) is 28.4 Å². The second kappa shape index (κ2) is 8.77. The summed E-state index contributed by atoms with van der Waals surface area (Å²) >= 11 is 0. The molecule has 1 N–H and O–H groups in total. The van der Waals surface area contributed by atoms with E-state index in [1.807, 2.05) is 36.4 Å². The maximum Gasteiger partial charge on any atom is 0.131 e. The Labute approximate surface area is 150 Å². The number of methoxy groups -OCH3 is 2. The lowest BCUT2D eigenvalue weighted by Crippen LogP contribution is -2.35. The molecule has 0 aromatic heterocycles. The van der Waals surface area contributed by atoms with Gasteiger partial charge in [0, 0.05) is 18.2 Å². The van der Waals surface area contributed by atoms with E-state index in [-0.39, 0.29) is 0 Å². The first kappa shape index (κ1) is 17.6. The fourth-order valence-corrected chi connectivity index (χ4v) is 3.12. The quantitative estimate of drug-likeness (QED) is 0.824. The van der Waals surface area contributed by atoms with Gasteiger partial charge in [0.2, 0.25) is 0 Å². The Morgan fingerprint density at radius 1 is 1.04 bits per heavy atom. The second-order valence-electron chi connectivity index (χ2n) is 6.31. The van der Waals surface area contributed by atoms with E-state index in [1.165, 1.54) is 19.3 Å². The number of piperidine rings is 1. The van der Waals surface area contributed by atoms with Crippen LogP contribution in [-0.2, 0) is 0 Å². The van der Waals surface area contributed by atoms with Crippen LogP contribution in [0, 0.1) is 6.07 Å². The molecule has 1 aliphatic rings. The molecule has 0 bridgehead atoms. The van der Waals surface area contributed by atoms with Crippen LogP contribution in [0.3, 0.4) is 0 Å². The van der Waals surface area contributed by atoms with Gasteiger partial charge in [-0.3, -0.25) is 0 Å². The van der Waals surface area contributed by atoms with Crippen molar-refractivity contribution in [3.05, 3.63) is 42.5 Å². The van der Waals surface area contributed by atoms with Crippen molar-refractivity contribution in [3.63, 3.8) is 0 Å². The normalized spacial score (nSPS) is 17.1. The van der Waals surface area contributed by atoms with Gasteiger partial charge in [-0.25, -0.2) is 0 Å². The van der Waals surface area contributed by atoms with Crippen LogP contribution >= 0.6 is 0 Å². The predicted molar refractivity (Wildman–Crippen MR) is 99.6 cm³/mol. The molecule has 0 saturated carbocycles. The summed E-state index contributed by atoms with van der Waals surface area (Å²) in [5.41, 5.74) is 2.01. The summed E-state index contributed by atoms with van der Waals surface area (Å²) in [5.74, 6) is 2.33. The highest BCUT2D eigenvalue weighted by Gasteiger charge is 2.12. The molecule has 4 nitrogen and oxygen atoms in total. The first-order valence-electron chi connectivity index (χ1n) is 8.90.